The highest BCUT2D eigenvalue weighted by Gasteiger charge is 2.31. The molecule has 2 rings (SSSR count). The van der Waals surface area contributed by atoms with E-state index in [1.807, 2.05) is 19.9 Å². The number of benzene rings is 1. The van der Waals surface area contributed by atoms with Gasteiger partial charge in [-0.25, -0.2) is 4.39 Å². The van der Waals surface area contributed by atoms with Crippen molar-refractivity contribution in [3.05, 3.63) is 35.6 Å². The third kappa shape index (κ3) is 4.02. The number of carbonyl (C=O) groups is 1. The zero-order valence-corrected chi connectivity index (χ0v) is 12.6. The number of amides is 1. The molecule has 4 nitrogen and oxygen atoms in total. The number of hydrogen-bond donors (Lipinski definition) is 2. The summed E-state index contributed by atoms with van der Waals surface area (Å²) in [5.74, 6) is -0.382. The maximum atomic E-state index is 13.3. The summed E-state index contributed by atoms with van der Waals surface area (Å²) in [4.78, 5) is 12.1. The number of halogens is 1. The Balaban J connectivity index is 1.91. The van der Waals surface area contributed by atoms with Gasteiger partial charge in [-0.05, 0) is 30.5 Å². The van der Waals surface area contributed by atoms with E-state index in [9.17, 15) is 9.18 Å². The minimum atomic E-state index is -0.415. The molecule has 1 saturated heterocycles. The molecular formula is C16H23FN2O2. The van der Waals surface area contributed by atoms with E-state index in [0.717, 1.165) is 12.0 Å². The molecule has 0 saturated carbocycles. The van der Waals surface area contributed by atoms with Crippen molar-refractivity contribution in [3.63, 3.8) is 0 Å². The van der Waals surface area contributed by atoms with Crippen molar-refractivity contribution < 1.29 is 13.9 Å². The number of carbonyl (C=O) groups excluding carboxylic acids is 1. The minimum Gasteiger partial charge on any atom is -0.364 e. The summed E-state index contributed by atoms with van der Waals surface area (Å²) in [6.07, 6.45) is 1.09. The summed E-state index contributed by atoms with van der Waals surface area (Å²) in [7, 11) is 0. The minimum absolute atomic E-state index is 0.0167. The molecule has 1 aliphatic heterocycles. The lowest BCUT2D eigenvalue weighted by molar-refractivity contribution is -0.132. The van der Waals surface area contributed by atoms with Crippen LogP contribution in [0.15, 0.2) is 24.3 Å². The van der Waals surface area contributed by atoms with Gasteiger partial charge in [0.05, 0.1) is 6.10 Å². The van der Waals surface area contributed by atoms with Crippen LogP contribution in [0, 0.1) is 5.82 Å². The van der Waals surface area contributed by atoms with Crippen molar-refractivity contribution in [3.8, 4) is 0 Å². The van der Waals surface area contributed by atoms with Crippen molar-refractivity contribution in [2.75, 3.05) is 13.1 Å². The van der Waals surface area contributed by atoms with Crippen molar-refractivity contribution in [2.45, 2.75) is 44.3 Å². The third-order valence-electron chi connectivity index (χ3n) is 3.97. The molecule has 0 radical (unpaired) electrons. The fourth-order valence-electron chi connectivity index (χ4n) is 2.51. The molecule has 0 spiro atoms. The average molecular weight is 294 g/mol. The van der Waals surface area contributed by atoms with Gasteiger partial charge in [0.15, 0.2) is 0 Å². The number of rotatable bonds is 5. The van der Waals surface area contributed by atoms with E-state index >= 15 is 0 Å². The van der Waals surface area contributed by atoms with E-state index in [1.165, 1.54) is 12.1 Å². The largest absolute Gasteiger partial charge is 0.364 e. The van der Waals surface area contributed by atoms with Gasteiger partial charge in [-0.2, -0.15) is 0 Å². The molecule has 2 atom stereocenters. The van der Waals surface area contributed by atoms with E-state index in [2.05, 4.69) is 5.32 Å². The molecular weight excluding hydrogens is 271 g/mol. The van der Waals surface area contributed by atoms with Gasteiger partial charge >= 0.3 is 0 Å². The summed E-state index contributed by atoms with van der Waals surface area (Å²) in [5, 5.41) is 2.90. The number of ether oxygens (including phenoxy) is 1. The van der Waals surface area contributed by atoms with Crippen LogP contribution in [0.1, 0.15) is 32.3 Å². The molecule has 0 aliphatic carbocycles. The van der Waals surface area contributed by atoms with Crippen molar-refractivity contribution in [1.82, 2.24) is 5.32 Å². The van der Waals surface area contributed by atoms with E-state index < -0.39 is 6.10 Å². The molecule has 1 amide bonds. The van der Waals surface area contributed by atoms with E-state index in [0.29, 0.717) is 19.5 Å². The molecule has 3 N–H and O–H groups in total. The maximum absolute atomic E-state index is 13.3. The van der Waals surface area contributed by atoms with Crippen LogP contribution in [0.2, 0.25) is 0 Å². The van der Waals surface area contributed by atoms with Gasteiger partial charge in [0, 0.05) is 18.5 Å². The van der Waals surface area contributed by atoms with Gasteiger partial charge < -0.3 is 15.8 Å². The van der Waals surface area contributed by atoms with Gasteiger partial charge in [-0.3, -0.25) is 4.79 Å². The van der Waals surface area contributed by atoms with Gasteiger partial charge in [0.1, 0.15) is 11.9 Å². The van der Waals surface area contributed by atoms with Gasteiger partial charge in [-0.15, -0.1) is 0 Å². The van der Waals surface area contributed by atoms with Crippen molar-refractivity contribution in [1.29, 1.82) is 0 Å². The van der Waals surface area contributed by atoms with Gasteiger partial charge in [0.2, 0.25) is 5.91 Å². The highest BCUT2D eigenvalue weighted by Crippen LogP contribution is 2.24. The second kappa shape index (κ2) is 6.54. The zero-order valence-electron chi connectivity index (χ0n) is 12.6. The summed E-state index contributed by atoms with van der Waals surface area (Å²) < 4.78 is 18.9. The van der Waals surface area contributed by atoms with Crippen LogP contribution in [0.4, 0.5) is 4.39 Å². The zero-order chi connectivity index (χ0) is 15.5. The topological polar surface area (TPSA) is 64.4 Å². The van der Waals surface area contributed by atoms with Crippen LogP contribution >= 0.6 is 0 Å². The second-order valence-corrected chi connectivity index (χ2v) is 6.17. The van der Waals surface area contributed by atoms with E-state index in [4.69, 9.17) is 10.5 Å². The number of nitrogens with one attached hydrogen (secondary N) is 1. The summed E-state index contributed by atoms with van der Waals surface area (Å²) >= 11 is 0. The molecule has 0 bridgehead atoms. The second-order valence-electron chi connectivity index (χ2n) is 6.17. The molecule has 1 aliphatic rings. The smallest absolute Gasteiger partial charge is 0.249 e. The fourth-order valence-corrected chi connectivity index (χ4v) is 2.51. The van der Waals surface area contributed by atoms with Crippen LogP contribution in [0.5, 0.6) is 0 Å². The predicted octanol–water partition coefficient (Wildman–Crippen LogP) is 1.73. The molecule has 1 heterocycles. The third-order valence-corrected chi connectivity index (χ3v) is 3.97. The van der Waals surface area contributed by atoms with Crippen LogP contribution in [0.3, 0.4) is 0 Å². The Hall–Kier alpha value is -1.46. The molecule has 1 aromatic carbocycles. The summed E-state index contributed by atoms with van der Waals surface area (Å²) in [5.41, 5.74) is 6.05. The molecule has 1 aromatic rings. The lowest BCUT2D eigenvalue weighted by Crippen LogP contribution is -2.42. The standard InChI is InChI=1S/C16H23FN2O2/c1-16(2,11-4-3-5-12(17)8-11)10-19-15(20)14-7-6-13(9-18)21-14/h3-5,8,13-14H,6-7,9-10,18H2,1-2H3,(H,19,20)/t13-,14+/m1/s1. The first-order chi connectivity index (χ1) is 9.92. The van der Waals surface area contributed by atoms with Crippen LogP contribution in [0.25, 0.3) is 0 Å². The quantitative estimate of drug-likeness (QED) is 0.869. The Morgan fingerprint density at radius 3 is 2.86 bits per heavy atom. The molecule has 21 heavy (non-hydrogen) atoms. The molecule has 0 unspecified atom stereocenters. The van der Waals surface area contributed by atoms with Crippen molar-refractivity contribution >= 4 is 5.91 Å². The Labute approximate surface area is 124 Å². The fraction of sp³-hybridized carbons (Fsp3) is 0.562. The van der Waals surface area contributed by atoms with Gasteiger partial charge in [0.25, 0.3) is 0 Å². The number of nitrogens with two attached hydrogens (primary N) is 1. The summed E-state index contributed by atoms with van der Waals surface area (Å²) in [6.45, 7) is 4.82. The molecule has 116 valence electrons. The Morgan fingerprint density at radius 2 is 2.24 bits per heavy atom. The first-order valence-corrected chi connectivity index (χ1v) is 7.31. The Kier molecular flexibility index (Phi) is 4.96. The van der Waals surface area contributed by atoms with Crippen LogP contribution in [-0.2, 0) is 14.9 Å². The number of hydrogen-bond acceptors (Lipinski definition) is 3. The normalized spacial score (nSPS) is 22.3. The lowest BCUT2D eigenvalue weighted by atomic mass is 9.84. The highest BCUT2D eigenvalue weighted by atomic mass is 19.1. The Morgan fingerprint density at radius 1 is 1.48 bits per heavy atom. The van der Waals surface area contributed by atoms with Gasteiger partial charge in [-0.1, -0.05) is 26.0 Å². The first kappa shape index (κ1) is 15.9. The molecule has 0 aromatic heterocycles. The van der Waals surface area contributed by atoms with Crippen LogP contribution in [-0.4, -0.2) is 31.2 Å². The lowest BCUT2D eigenvalue weighted by Gasteiger charge is -2.26. The monoisotopic (exact) mass is 294 g/mol. The van der Waals surface area contributed by atoms with Crippen molar-refractivity contribution in [2.24, 2.45) is 5.73 Å². The van der Waals surface area contributed by atoms with E-state index in [1.54, 1.807) is 6.07 Å². The maximum Gasteiger partial charge on any atom is 0.249 e. The Bertz CT molecular complexity index is 505. The molecule has 5 heteroatoms. The highest BCUT2D eigenvalue weighted by molar-refractivity contribution is 5.81. The first-order valence-electron chi connectivity index (χ1n) is 7.31. The van der Waals surface area contributed by atoms with E-state index in [-0.39, 0.29) is 23.2 Å². The predicted molar refractivity (Wildman–Crippen MR) is 79.4 cm³/mol. The SMILES string of the molecule is CC(C)(CNC(=O)[C@@H]1CC[C@H](CN)O1)c1cccc(F)c1. The average Bonchev–Trinajstić information content (AvgIpc) is 2.94. The summed E-state index contributed by atoms with van der Waals surface area (Å²) in [6, 6.07) is 6.46. The molecule has 1 fully saturated rings. The van der Waals surface area contributed by atoms with Crippen LogP contribution < -0.4 is 11.1 Å².